The molecule has 0 fully saturated rings. The molecule has 0 saturated heterocycles. The first-order valence-corrected chi connectivity index (χ1v) is 6.69. The van der Waals surface area contributed by atoms with E-state index < -0.39 is 0 Å². The second-order valence-corrected chi connectivity index (χ2v) is 5.07. The van der Waals surface area contributed by atoms with Gasteiger partial charge in [0.1, 0.15) is 5.82 Å². The second kappa shape index (κ2) is 4.74. The highest BCUT2D eigenvalue weighted by Crippen LogP contribution is 2.24. The number of thiophene rings is 1. The number of fused-ring (bicyclic) bond motifs is 1. The topological polar surface area (TPSA) is 37.8 Å². The zero-order valence-electron chi connectivity index (χ0n) is 10.1. The van der Waals surface area contributed by atoms with Crippen LogP contribution in [0.1, 0.15) is 11.5 Å². The molecule has 0 amide bonds. The maximum Gasteiger partial charge on any atom is 0.125 e. The summed E-state index contributed by atoms with van der Waals surface area (Å²) in [5, 5.41) is 6.78. The summed E-state index contributed by atoms with van der Waals surface area (Å²) in [6, 6.07) is 10.5. The van der Waals surface area contributed by atoms with Crippen molar-refractivity contribution in [2.75, 3.05) is 5.32 Å². The number of aryl methyl sites for hydroxylation is 1. The highest BCUT2D eigenvalue weighted by molar-refractivity contribution is 7.17. The fourth-order valence-corrected chi connectivity index (χ4v) is 2.64. The molecule has 1 N–H and O–H groups in total. The van der Waals surface area contributed by atoms with Crippen molar-refractivity contribution < 1.29 is 0 Å². The van der Waals surface area contributed by atoms with Crippen LogP contribution in [0.4, 0.5) is 5.69 Å². The van der Waals surface area contributed by atoms with E-state index in [9.17, 15) is 0 Å². The predicted molar refractivity (Wildman–Crippen MR) is 75.9 cm³/mol. The number of aromatic nitrogens is 2. The Kier molecular flexibility index (Phi) is 2.94. The minimum absolute atomic E-state index is 0.721. The van der Waals surface area contributed by atoms with E-state index in [1.54, 1.807) is 17.5 Å². The fourth-order valence-electron chi connectivity index (χ4n) is 1.87. The summed E-state index contributed by atoms with van der Waals surface area (Å²) >= 11 is 1.76. The van der Waals surface area contributed by atoms with Gasteiger partial charge in [0.2, 0.25) is 0 Å². The molecule has 3 aromatic rings. The molecule has 18 heavy (non-hydrogen) atoms. The number of nitrogens with zero attached hydrogens (tertiary/aromatic N) is 2. The van der Waals surface area contributed by atoms with Crippen molar-refractivity contribution in [2.24, 2.45) is 0 Å². The summed E-state index contributed by atoms with van der Waals surface area (Å²) in [6.07, 6.45) is 1.79. The molecule has 2 heterocycles. The maximum atomic E-state index is 4.37. The van der Waals surface area contributed by atoms with Crippen molar-refractivity contribution in [1.82, 2.24) is 9.97 Å². The van der Waals surface area contributed by atoms with Gasteiger partial charge in [0.15, 0.2) is 0 Å². The van der Waals surface area contributed by atoms with Crippen LogP contribution in [-0.4, -0.2) is 9.97 Å². The Labute approximate surface area is 110 Å². The van der Waals surface area contributed by atoms with Gasteiger partial charge in [-0.2, -0.15) is 0 Å². The molecule has 3 nitrogen and oxygen atoms in total. The van der Waals surface area contributed by atoms with Crippen LogP contribution in [0.3, 0.4) is 0 Å². The van der Waals surface area contributed by atoms with E-state index in [4.69, 9.17) is 0 Å². The number of rotatable bonds is 3. The van der Waals surface area contributed by atoms with Gasteiger partial charge in [-0.05, 0) is 48.0 Å². The van der Waals surface area contributed by atoms with Crippen LogP contribution in [0.25, 0.3) is 10.1 Å². The predicted octanol–water partition coefficient (Wildman–Crippen LogP) is 3.61. The smallest absolute Gasteiger partial charge is 0.125 e. The lowest BCUT2D eigenvalue weighted by Crippen LogP contribution is -2.02. The maximum absolute atomic E-state index is 4.37. The molecule has 0 saturated carbocycles. The molecule has 0 unspecified atom stereocenters. The number of nitrogens with one attached hydrogen (secondary N) is 1. The number of benzene rings is 1. The van der Waals surface area contributed by atoms with E-state index in [1.165, 1.54) is 10.1 Å². The molecule has 0 aliphatic heterocycles. The van der Waals surface area contributed by atoms with Gasteiger partial charge in [0.05, 0.1) is 12.2 Å². The van der Waals surface area contributed by atoms with Gasteiger partial charge in [0.25, 0.3) is 0 Å². The SMILES string of the molecule is Cc1nccc(CNc2ccc3sccc3c2)n1. The van der Waals surface area contributed by atoms with Gasteiger partial charge in [0, 0.05) is 16.6 Å². The molecule has 0 aliphatic rings. The molecule has 0 bridgehead atoms. The first kappa shape index (κ1) is 11.2. The van der Waals surface area contributed by atoms with Gasteiger partial charge in [-0.1, -0.05) is 0 Å². The molecular formula is C14H13N3S. The Hall–Kier alpha value is -1.94. The molecule has 0 atom stereocenters. The third-order valence-corrected chi connectivity index (χ3v) is 3.66. The van der Waals surface area contributed by atoms with Crippen LogP contribution < -0.4 is 5.32 Å². The van der Waals surface area contributed by atoms with E-state index >= 15 is 0 Å². The molecule has 4 heteroatoms. The molecular weight excluding hydrogens is 242 g/mol. The minimum Gasteiger partial charge on any atom is -0.379 e. The van der Waals surface area contributed by atoms with Crippen LogP contribution in [0.2, 0.25) is 0 Å². The van der Waals surface area contributed by atoms with Gasteiger partial charge in [-0.15, -0.1) is 11.3 Å². The van der Waals surface area contributed by atoms with E-state index in [-0.39, 0.29) is 0 Å². The van der Waals surface area contributed by atoms with Crippen LogP contribution in [0, 0.1) is 6.92 Å². The van der Waals surface area contributed by atoms with Crippen LogP contribution in [0.15, 0.2) is 41.9 Å². The summed E-state index contributed by atoms with van der Waals surface area (Å²) in [7, 11) is 0. The van der Waals surface area contributed by atoms with Crippen LogP contribution in [0.5, 0.6) is 0 Å². The Morgan fingerprint density at radius 2 is 2.17 bits per heavy atom. The fraction of sp³-hybridized carbons (Fsp3) is 0.143. The Morgan fingerprint density at radius 1 is 1.22 bits per heavy atom. The number of hydrogen-bond donors (Lipinski definition) is 1. The summed E-state index contributed by atoms with van der Waals surface area (Å²) < 4.78 is 1.32. The molecule has 0 spiro atoms. The summed E-state index contributed by atoms with van der Waals surface area (Å²) in [5.74, 6) is 0.808. The lowest BCUT2D eigenvalue weighted by molar-refractivity contribution is 0.955. The average Bonchev–Trinajstić information content (AvgIpc) is 2.84. The normalized spacial score (nSPS) is 10.7. The number of hydrogen-bond acceptors (Lipinski definition) is 4. The monoisotopic (exact) mass is 255 g/mol. The van der Waals surface area contributed by atoms with Crippen molar-refractivity contribution in [2.45, 2.75) is 13.5 Å². The van der Waals surface area contributed by atoms with Crippen molar-refractivity contribution in [3.8, 4) is 0 Å². The van der Waals surface area contributed by atoms with Crippen molar-refractivity contribution >= 4 is 27.1 Å². The van der Waals surface area contributed by atoms with Gasteiger partial charge < -0.3 is 5.32 Å². The molecule has 90 valence electrons. The Bertz CT molecular complexity index is 675. The Balaban J connectivity index is 1.76. The van der Waals surface area contributed by atoms with Crippen molar-refractivity contribution in [3.05, 3.63) is 53.4 Å². The summed E-state index contributed by atoms with van der Waals surface area (Å²) in [6.45, 7) is 2.62. The standard InChI is InChI=1S/C14H13N3S/c1-10-15-6-4-13(17-10)9-16-12-2-3-14-11(8-12)5-7-18-14/h2-8,16H,9H2,1H3. The molecule has 0 radical (unpaired) electrons. The first-order chi connectivity index (χ1) is 8.81. The van der Waals surface area contributed by atoms with Crippen molar-refractivity contribution in [3.63, 3.8) is 0 Å². The largest absolute Gasteiger partial charge is 0.379 e. The van der Waals surface area contributed by atoms with E-state index in [0.717, 1.165) is 23.8 Å². The molecule has 1 aromatic carbocycles. The quantitative estimate of drug-likeness (QED) is 0.777. The van der Waals surface area contributed by atoms with Gasteiger partial charge >= 0.3 is 0 Å². The highest BCUT2D eigenvalue weighted by atomic mass is 32.1. The molecule has 0 aliphatic carbocycles. The van der Waals surface area contributed by atoms with Gasteiger partial charge in [-0.25, -0.2) is 9.97 Å². The van der Waals surface area contributed by atoms with E-state index in [1.807, 2.05) is 13.0 Å². The van der Waals surface area contributed by atoms with E-state index in [0.29, 0.717) is 0 Å². The average molecular weight is 255 g/mol. The zero-order valence-corrected chi connectivity index (χ0v) is 10.9. The van der Waals surface area contributed by atoms with Crippen LogP contribution >= 0.6 is 11.3 Å². The first-order valence-electron chi connectivity index (χ1n) is 5.81. The molecule has 3 rings (SSSR count). The minimum atomic E-state index is 0.721. The third kappa shape index (κ3) is 2.33. The van der Waals surface area contributed by atoms with Crippen LogP contribution in [-0.2, 0) is 6.54 Å². The zero-order chi connectivity index (χ0) is 12.4. The lowest BCUT2D eigenvalue weighted by Gasteiger charge is -2.06. The van der Waals surface area contributed by atoms with Crippen molar-refractivity contribution in [1.29, 1.82) is 0 Å². The summed E-state index contributed by atoms with van der Waals surface area (Å²) in [5.41, 5.74) is 2.13. The number of anilines is 1. The van der Waals surface area contributed by atoms with E-state index in [2.05, 4.69) is 44.9 Å². The summed E-state index contributed by atoms with van der Waals surface area (Å²) in [4.78, 5) is 8.46. The lowest BCUT2D eigenvalue weighted by atomic mass is 10.2. The third-order valence-electron chi connectivity index (χ3n) is 2.76. The second-order valence-electron chi connectivity index (χ2n) is 4.12. The Morgan fingerprint density at radius 3 is 3.06 bits per heavy atom. The molecule has 2 aromatic heterocycles. The van der Waals surface area contributed by atoms with Gasteiger partial charge in [-0.3, -0.25) is 0 Å². The highest BCUT2D eigenvalue weighted by Gasteiger charge is 1.99.